The van der Waals surface area contributed by atoms with Gasteiger partial charge in [0.05, 0.1) is 10.6 Å². The van der Waals surface area contributed by atoms with E-state index in [4.69, 9.17) is 27.9 Å². The number of carbonyl (C=O) groups is 1. The summed E-state index contributed by atoms with van der Waals surface area (Å²) in [5.41, 5.74) is 6.30. The standard InChI is InChI=1S/C11H9NO.C8H7F3.C7H6ClNO2/c12-7-8-5-6-11(13)10-4-2-1-3-9(8)10;1-6-2-4-7(5-3-6)8(9,10)11;8-5-3-4(7(9)11)1-2-6(5)10/h1-7,12-13H;2-5H,1H3;1-3,10H,(H2,9,11). The maximum atomic E-state index is 11.9. The third kappa shape index (κ3) is 7.75. The van der Waals surface area contributed by atoms with Gasteiger partial charge in [0.1, 0.15) is 11.5 Å². The molecule has 0 saturated carbocycles. The zero-order valence-electron chi connectivity index (χ0n) is 18.5. The highest BCUT2D eigenvalue weighted by Gasteiger charge is 2.29. The quantitative estimate of drug-likeness (QED) is 0.229. The highest BCUT2D eigenvalue weighted by Crippen LogP contribution is 2.29. The molecule has 0 aliphatic heterocycles. The molecular formula is C26H22ClF3N2O3. The first-order chi connectivity index (χ1) is 16.4. The van der Waals surface area contributed by atoms with E-state index in [2.05, 4.69) is 0 Å². The number of rotatable bonds is 2. The number of aryl methyl sites for hydroxylation is 1. The van der Waals surface area contributed by atoms with Crippen LogP contribution in [-0.2, 0) is 6.18 Å². The first kappa shape index (κ1) is 27.2. The number of primary amides is 1. The third-order valence-electron chi connectivity index (χ3n) is 4.70. The molecule has 182 valence electrons. The first-order valence-corrected chi connectivity index (χ1v) is 10.4. The summed E-state index contributed by atoms with van der Waals surface area (Å²) in [5.74, 6) is -0.357. The Balaban J connectivity index is 0.000000186. The van der Waals surface area contributed by atoms with Crippen LogP contribution in [0.3, 0.4) is 0 Å². The van der Waals surface area contributed by atoms with Gasteiger partial charge in [-0.15, -0.1) is 0 Å². The summed E-state index contributed by atoms with van der Waals surface area (Å²) in [7, 11) is 0. The van der Waals surface area contributed by atoms with E-state index in [1.807, 2.05) is 24.3 Å². The van der Waals surface area contributed by atoms with Gasteiger partial charge in [-0.3, -0.25) is 4.79 Å². The number of hydrogen-bond acceptors (Lipinski definition) is 4. The van der Waals surface area contributed by atoms with E-state index in [1.165, 1.54) is 36.5 Å². The maximum absolute atomic E-state index is 11.9. The Morgan fingerprint density at radius 2 is 1.49 bits per heavy atom. The van der Waals surface area contributed by atoms with Crippen molar-refractivity contribution in [2.24, 2.45) is 5.73 Å². The van der Waals surface area contributed by atoms with Crippen LogP contribution in [-0.4, -0.2) is 22.3 Å². The van der Waals surface area contributed by atoms with Gasteiger partial charge >= 0.3 is 6.18 Å². The smallest absolute Gasteiger partial charge is 0.416 e. The molecule has 0 unspecified atom stereocenters. The molecule has 4 aromatic carbocycles. The minimum atomic E-state index is -4.21. The van der Waals surface area contributed by atoms with Crippen molar-refractivity contribution in [3.8, 4) is 11.5 Å². The van der Waals surface area contributed by atoms with Crippen LogP contribution in [0.5, 0.6) is 11.5 Å². The molecule has 5 N–H and O–H groups in total. The van der Waals surface area contributed by atoms with E-state index < -0.39 is 17.6 Å². The number of phenolic OH excluding ortho intramolecular Hbond substituents is 2. The van der Waals surface area contributed by atoms with Crippen molar-refractivity contribution in [1.29, 1.82) is 5.41 Å². The summed E-state index contributed by atoms with van der Waals surface area (Å²) in [6, 6.07) is 20.0. The van der Waals surface area contributed by atoms with E-state index in [-0.39, 0.29) is 22.1 Å². The Kier molecular flexibility index (Phi) is 9.25. The topological polar surface area (TPSA) is 107 Å². The summed E-state index contributed by atoms with van der Waals surface area (Å²) in [5, 5.41) is 27.5. The molecule has 0 saturated heterocycles. The van der Waals surface area contributed by atoms with E-state index in [0.717, 1.165) is 34.0 Å². The van der Waals surface area contributed by atoms with Crippen LogP contribution < -0.4 is 5.73 Å². The lowest BCUT2D eigenvalue weighted by atomic mass is 10.0. The monoisotopic (exact) mass is 502 g/mol. The van der Waals surface area contributed by atoms with Crippen LogP contribution in [0.2, 0.25) is 5.02 Å². The lowest BCUT2D eigenvalue weighted by Gasteiger charge is -2.05. The second-order valence-corrected chi connectivity index (χ2v) is 7.67. The highest BCUT2D eigenvalue weighted by atomic mass is 35.5. The Morgan fingerprint density at radius 3 is 2.00 bits per heavy atom. The van der Waals surface area contributed by atoms with Crippen molar-refractivity contribution in [1.82, 2.24) is 0 Å². The van der Waals surface area contributed by atoms with Gasteiger partial charge in [-0.2, -0.15) is 13.2 Å². The van der Waals surface area contributed by atoms with Gasteiger partial charge in [-0.05, 0) is 54.8 Å². The summed E-state index contributed by atoms with van der Waals surface area (Å²) in [4.78, 5) is 10.5. The molecule has 0 aromatic heterocycles. The fourth-order valence-corrected chi connectivity index (χ4v) is 3.02. The number of amides is 1. The minimum Gasteiger partial charge on any atom is -0.507 e. The predicted octanol–water partition coefficient (Wildman–Crippen LogP) is 6.70. The van der Waals surface area contributed by atoms with Gasteiger partial charge in [0.15, 0.2) is 0 Å². The molecule has 0 bridgehead atoms. The normalized spacial score (nSPS) is 10.4. The lowest BCUT2D eigenvalue weighted by Crippen LogP contribution is -2.10. The van der Waals surface area contributed by atoms with Gasteiger partial charge in [-0.1, -0.05) is 53.6 Å². The Labute approximate surface area is 204 Å². The molecule has 0 aliphatic rings. The Bertz CT molecular complexity index is 1320. The molecule has 9 heteroatoms. The molecule has 0 atom stereocenters. The number of hydrogen-bond donors (Lipinski definition) is 4. The number of phenols is 2. The van der Waals surface area contributed by atoms with Crippen LogP contribution in [0.4, 0.5) is 13.2 Å². The maximum Gasteiger partial charge on any atom is 0.416 e. The molecule has 0 spiro atoms. The summed E-state index contributed by atoms with van der Waals surface area (Å²) in [6.07, 6.45) is -2.92. The van der Waals surface area contributed by atoms with Gasteiger partial charge in [0.2, 0.25) is 5.91 Å². The predicted molar refractivity (Wildman–Crippen MR) is 131 cm³/mol. The van der Waals surface area contributed by atoms with Crippen LogP contribution in [0.15, 0.2) is 78.9 Å². The van der Waals surface area contributed by atoms with Crippen molar-refractivity contribution in [3.63, 3.8) is 0 Å². The molecule has 0 radical (unpaired) electrons. The molecule has 0 fully saturated rings. The molecule has 0 aliphatic carbocycles. The van der Waals surface area contributed by atoms with Gasteiger partial charge in [0.25, 0.3) is 0 Å². The lowest BCUT2D eigenvalue weighted by molar-refractivity contribution is -0.137. The number of nitrogens with one attached hydrogen (secondary N) is 1. The van der Waals surface area contributed by atoms with E-state index in [0.29, 0.717) is 0 Å². The summed E-state index contributed by atoms with van der Waals surface area (Å²) < 4.78 is 35.8. The molecule has 0 heterocycles. The van der Waals surface area contributed by atoms with Crippen molar-refractivity contribution < 1.29 is 28.2 Å². The fraction of sp³-hybridized carbons (Fsp3) is 0.0769. The Morgan fingerprint density at radius 1 is 0.914 bits per heavy atom. The number of aromatic hydroxyl groups is 2. The number of carbonyl (C=O) groups excluding carboxylic acids is 1. The number of halogens is 4. The van der Waals surface area contributed by atoms with Crippen molar-refractivity contribution in [2.45, 2.75) is 13.1 Å². The van der Waals surface area contributed by atoms with Crippen LogP contribution in [0.1, 0.15) is 27.0 Å². The zero-order chi connectivity index (χ0) is 26.2. The van der Waals surface area contributed by atoms with Crippen LogP contribution in [0.25, 0.3) is 10.8 Å². The van der Waals surface area contributed by atoms with Crippen LogP contribution >= 0.6 is 11.6 Å². The van der Waals surface area contributed by atoms with Crippen LogP contribution in [0, 0.1) is 12.3 Å². The number of alkyl halides is 3. The number of nitrogens with two attached hydrogens (primary N) is 1. The SMILES string of the molecule is Cc1ccc(C(F)(F)F)cc1.N=Cc1ccc(O)c2ccccc12.NC(=O)c1ccc(O)c(Cl)c1. The highest BCUT2D eigenvalue weighted by molar-refractivity contribution is 6.32. The van der Waals surface area contributed by atoms with Gasteiger partial charge in [-0.25, -0.2) is 0 Å². The average molecular weight is 503 g/mol. The van der Waals surface area contributed by atoms with Crippen molar-refractivity contribution in [3.05, 3.63) is 106 Å². The minimum absolute atomic E-state index is 0.0586. The van der Waals surface area contributed by atoms with E-state index >= 15 is 0 Å². The van der Waals surface area contributed by atoms with Crippen molar-refractivity contribution in [2.75, 3.05) is 0 Å². The molecule has 5 nitrogen and oxygen atoms in total. The molecule has 35 heavy (non-hydrogen) atoms. The second-order valence-electron chi connectivity index (χ2n) is 7.26. The Hall–Kier alpha value is -4.04. The third-order valence-corrected chi connectivity index (χ3v) is 5.00. The fourth-order valence-electron chi connectivity index (χ4n) is 2.84. The van der Waals surface area contributed by atoms with Crippen molar-refractivity contribution >= 4 is 34.5 Å². The zero-order valence-corrected chi connectivity index (χ0v) is 19.2. The molecular weight excluding hydrogens is 481 g/mol. The largest absolute Gasteiger partial charge is 0.507 e. The average Bonchev–Trinajstić information content (AvgIpc) is 2.82. The van der Waals surface area contributed by atoms with Gasteiger partial charge in [0, 0.05) is 22.7 Å². The number of fused-ring (bicyclic) bond motifs is 1. The summed E-state index contributed by atoms with van der Waals surface area (Å²) in [6.45, 7) is 1.75. The van der Waals surface area contributed by atoms with Gasteiger partial charge < -0.3 is 21.4 Å². The van der Waals surface area contributed by atoms with E-state index in [1.54, 1.807) is 19.1 Å². The second kappa shape index (κ2) is 11.9. The molecule has 1 amide bonds. The molecule has 4 aromatic rings. The summed E-state index contributed by atoms with van der Waals surface area (Å²) >= 11 is 5.50. The van der Waals surface area contributed by atoms with E-state index in [9.17, 15) is 23.1 Å². The number of benzene rings is 4. The first-order valence-electron chi connectivity index (χ1n) is 10.1. The molecule has 4 rings (SSSR count).